The number of anilines is 1. The first-order valence-corrected chi connectivity index (χ1v) is 5.98. The zero-order valence-electron chi connectivity index (χ0n) is 9.30. The van der Waals surface area contributed by atoms with Crippen molar-refractivity contribution in [3.63, 3.8) is 0 Å². The molecule has 0 fully saturated rings. The number of hydrogen-bond acceptors (Lipinski definition) is 2. The number of rotatable bonds is 4. The zero-order valence-corrected chi connectivity index (χ0v) is 10.8. The Morgan fingerprint density at radius 2 is 2.13 bits per heavy atom. The van der Waals surface area contributed by atoms with Gasteiger partial charge in [0.25, 0.3) is 0 Å². The first-order valence-electron chi connectivity index (χ1n) is 5.07. The number of halogens is 2. The highest BCUT2D eigenvalue weighted by atomic mass is 35.5. The molecule has 0 saturated carbocycles. The predicted octanol–water partition coefficient (Wildman–Crippen LogP) is 3.71. The minimum Gasteiger partial charge on any atom is -0.354 e. The van der Waals surface area contributed by atoms with Crippen molar-refractivity contribution in [1.29, 1.82) is 0 Å². The molecule has 0 atom stereocenters. The molecule has 0 radical (unpaired) electrons. The normalized spacial score (nSPS) is 10.8. The monoisotopic (exact) mass is 246 g/mol. The van der Waals surface area contributed by atoms with Crippen molar-refractivity contribution in [1.82, 2.24) is 4.98 Å². The van der Waals surface area contributed by atoms with E-state index < -0.39 is 0 Å². The van der Waals surface area contributed by atoms with Gasteiger partial charge in [0.1, 0.15) is 5.82 Å². The molecule has 4 heteroatoms. The number of nitrogens with zero attached hydrogens (tertiary/aromatic N) is 2. The van der Waals surface area contributed by atoms with Crippen molar-refractivity contribution in [3.05, 3.63) is 22.8 Å². The Labute approximate surface area is 101 Å². The Morgan fingerprint density at radius 3 is 2.60 bits per heavy atom. The van der Waals surface area contributed by atoms with Crippen LogP contribution < -0.4 is 4.90 Å². The molecule has 1 aromatic heterocycles. The maximum Gasteiger partial charge on any atom is 0.129 e. The van der Waals surface area contributed by atoms with E-state index in [-0.39, 0.29) is 0 Å². The van der Waals surface area contributed by atoms with Gasteiger partial charge in [0, 0.05) is 24.7 Å². The van der Waals surface area contributed by atoms with Crippen molar-refractivity contribution >= 4 is 29.0 Å². The van der Waals surface area contributed by atoms with Crippen LogP contribution in [0.15, 0.2) is 12.3 Å². The van der Waals surface area contributed by atoms with E-state index in [1.165, 1.54) is 0 Å². The molecule has 0 aromatic carbocycles. The van der Waals surface area contributed by atoms with Gasteiger partial charge in [-0.3, -0.25) is 0 Å². The molecule has 0 N–H and O–H groups in total. The van der Waals surface area contributed by atoms with E-state index in [0.717, 1.165) is 17.9 Å². The van der Waals surface area contributed by atoms with Crippen molar-refractivity contribution in [2.24, 2.45) is 0 Å². The second kappa shape index (κ2) is 5.57. The van der Waals surface area contributed by atoms with Crippen LogP contribution >= 0.6 is 23.2 Å². The van der Waals surface area contributed by atoms with Crippen molar-refractivity contribution in [2.45, 2.75) is 32.7 Å². The molecule has 1 rings (SSSR count). The fourth-order valence-electron chi connectivity index (χ4n) is 1.52. The minimum absolute atomic E-state index is 0.421. The highest BCUT2D eigenvalue weighted by Gasteiger charge is 2.11. The SMILES string of the molecule is CCN(c1cc(CCl)c(Cl)cn1)C(C)C. The third-order valence-electron chi connectivity index (χ3n) is 2.32. The highest BCUT2D eigenvalue weighted by molar-refractivity contribution is 6.32. The summed E-state index contributed by atoms with van der Waals surface area (Å²) in [4.78, 5) is 6.52. The molecular weight excluding hydrogens is 231 g/mol. The van der Waals surface area contributed by atoms with E-state index >= 15 is 0 Å². The summed E-state index contributed by atoms with van der Waals surface area (Å²) in [6, 6.07) is 2.38. The van der Waals surface area contributed by atoms with Crippen LogP contribution in [0.1, 0.15) is 26.3 Å². The predicted molar refractivity (Wildman–Crippen MR) is 67.0 cm³/mol. The number of hydrogen-bond donors (Lipinski definition) is 0. The lowest BCUT2D eigenvalue weighted by molar-refractivity contribution is 0.693. The zero-order chi connectivity index (χ0) is 11.4. The summed E-state index contributed by atoms with van der Waals surface area (Å²) in [6.45, 7) is 7.31. The first kappa shape index (κ1) is 12.6. The quantitative estimate of drug-likeness (QED) is 0.754. The van der Waals surface area contributed by atoms with Gasteiger partial charge in [0.15, 0.2) is 0 Å². The molecule has 1 heterocycles. The fraction of sp³-hybridized carbons (Fsp3) is 0.545. The lowest BCUT2D eigenvalue weighted by Crippen LogP contribution is -2.31. The number of aromatic nitrogens is 1. The molecule has 84 valence electrons. The van der Waals surface area contributed by atoms with Gasteiger partial charge < -0.3 is 4.90 Å². The molecule has 1 aromatic rings. The maximum absolute atomic E-state index is 5.96. The average Bonchev–Trinajstić information content (AvgIpc) is 2.21. The fourth-order valence-corrected chi connectivity index (χ4v) is 1.98. The summed E-state index contributed by atoms with van der Waals surface area (Å²) in [7, 11) is 0. The minimum atomic E-state index is 0.421. The average molecular weight is 247 g/mol. The molecular formula is C11H16Cl2N2. The van der Waals surface area contributed by atoms with E-state index in [9.17, 15) is 0 Å². The van der Waals surface area contributed by atoms with Crippen LogP contribution in [-0.4, -0.2) is 17.6 Å². The summed E-state index contributed by atoms with van der Waals surface area (Å²) < 4.78 is 0. The van der Waals surface area contributed by atoms with Crippen molar-refractivity contribution < 1.29 is 0 Å². The third-order valence-corrected chi connectivity index (χ3v) is 2.95. The summed E-state index contributed by atoms with van der Waals surface area (Å²) in [5, 5.41) is 0.633. The molecule has 15 heavy (non-hydrogen) atoms. The maximum atomic E-state index is 5.96. The van der Waals surface area contributed by atoms with Gasteiger partial charge in [-0.1, -0.05) is 11.6 Å². The van der Waals surface area contributed by atoms with Gasteiger partial charge in [-0.15, -0.1) is 11.6 Å². The van der Waals surface area contributed by atoms with Gasteiger partial charge in [-0.05, 0) is 32.4 Å². The number of alkyl halides is 1. The molecule has 0 unspecified atom stereocenters. The molecule has 0 aliphatic heterocycles. The van der Waals surface area contributed by atoms with Crippen LogP contribution in [0.2, 0.25) is 5.02 Å². The van der Waals surface area contributed by atoms with E-state index in [4.69, 9.17) is 23.2 Å². The summed E-state index contributed by atoms with van der Waals surface area (Å²) in [5.74, 6) is 1.36. The van der Waals surface area contributed by atoms with E-state index in [1.807, 2.05) is 6.07 Å². The van der Waals surface area contributed by atoms with Crippen LogP contribution in [0.3, 0.4) is 0 Å². The molecule has 0 amide bonds. The highest BCUT2D eigenvalue weighted by Crippen LogP contribution is 2.22. The molecule has 0 spiro atoms. The van der Waals surface area contributed by atoms with Gasteiger partial charge >= 0.3 is 0 Å². The first-order chi connectivity index (χ1) is 7.10. The Bertz CT molecular complexity index is 326. The van der Waals surface area contributed by atoms with E-state index in [2.05, 4.69) is 30.7 Å². The van der Waals surface area contributed by atoms with Gasteiger partial charge in [-0.25, -0.2) is 4.98 Å². The lowest BCUT2D eigenvalue weighted by atomic mass is 10.2. The Balaban J connectivity index is 3.03. The van der Waals surface area contributed by atoms with Crippen LogP contribution in [0.25, 0.3) is 0 Å². The number of pyridine rings is 1. The van der Waals surface area contributed by atoms with Gasteiger partial charge in [0.2, 0.25) is 0 Å². The third kappa shape index (κ3) is 2.99. The van der Waals surface area contributed by atoms with Crippen LogP contribution in [0.4, 0.5) is 5.82 Å². The molecule has 2 nitrogen and oxygen atoms in total. The molecule has 0 aliphatic carbocycles. The van der Waals surface area contributed by atoms with E-state index in [1.54, 1.807) is 6.20 Å². The van der Waals surface area contributed by atoms with Crippen LogP contribution in [0.5, 0.6) is 0 Å². The lowest BCUT2D eigenvalue weighted by Gasteiger charge is -2.26. The van der Waals surface area contributed by atoms with Gasteiger partial charge in [-0.2, -0.15) is 0 Å². The topological polar surface area (TPSA) is 16.1 Å². The largest absolute Gasteiger partial charge is 0.354 e. The standard InChI is InChI=1S/C11H16Cl2N2/c1-4-15(8(2)3)11-5-9(6-12)10(13)7-14-11/h5,7-8H,4,6H2,1-3H3. The second-order valence-corrected chi connectivity index (χ2v) is 4.32. The summed E-state index contributed by atoms with van der Waals surface area (Å²) >= 11 is 11.8. The summed E-state index contributed by atoms with van der Waals surface area (Å²) in [5.41, 5.74) is 0.933. The van der Waals surface area contributed by atoms with Crippen molar-refractivity contribution in [2.75, 3.05) is 11.4 Å². The van der Waals surface area contributed by atoms with Gasteiger partial charge in [0.05, 0.1) is 5.02 Å². The second-order valence-electron chi connectivity index (χ2n) is 3.65. The Hall–Kier alpha value is -0.470. The smallest absolute Gasteiger partial charge is 0.129 e. The molecule has 0 bridgehead atoms. The van der Waals surface area contributed by atoms with Crippen LogP contribution in [0, 0.1) is 0 Å². The van der Waals surface area contributed by atoms with E-state index in [0.29, 0.717) is 16.9 Å². The Morgan fingerprint density at radius 1 is 1.47 bits per heavy atom. The Kier molecular flexibility index (Phi) is 4.68. The molecule has 0 aliphatic rings. The van der Waals surface area contributed by atoms with Crippen molar-refractivity contribution in [3.8, 4) is 0 Å². The molecule has 0 saturated heterocycles. The van der Waals surface area contributed by atoms with Crippen LogP contribution in [-0.2, 0) is 5.88 Å². The summed E-state index contributed by atoms with van der Waals surface area (Å²) in [6.07, 6.45) is 1.67.